The molecule has 0 fully saturated rings. The van der Waals surface area contributed by atoms with Gasteiger partial charge in [0.05, 0.1) is 6.10 Å². The molecule has 21 heavy (non-hydrogen) atoms. The predicted molar refractivity (Wildman–Crippen MR) is 87.0 cm³/mol. The summed E-state index contributed by atoms with van der Waals surface area (Å²) < 4.78 is 19.3. The van der Waals surface area contributed by atoms with E-state index < -0.39 is 0 Å². The first kappa shape index (κ1) is 18.1. The van der Waals surface area contributed by atoms with Gasteiger partial charge >= 0.3 is 0 Å². The molecule has 0 saturated heterocycles. The van der Waals surface area contributed by atoms with Gasteiger partial charge in [-0.3, -0.25) is 0 Å². The monoisotopic (exact) mass is 295 g/mol. The van der Waals surface area contributed by atoms with Crippen molar-refractivity contribution in [1.82, 2.24) is 5.32 Å². The van der Waals surface area contributed by atoms with Crippen molar-refractivity contribution in [3.05, 3.63) is 35.6 Å². The highest BCUT2D eigenvalue weighted by atomic mass is 19.1. The summed E-state index contributed by atoms with van der Waals surface area (Å²) in [5.41, 5.74) is 0.923. The van der Waals surface area contributed by atoms with Crippen molar-refractivity contribution in [3.63, 3.8) is 0 Å². The molecule has 1 unspecified atom stereocenters. The third-order valence-corrected chi connectivity index (χ3v) is 3.54. The Kier molecular flexibility index (Phi) is 10.1. The van der Waals surface area contributed by atoms with E-state index in [1.165, 1.54) is 31.7 Å². The van der Waals surface area contributed by atoms with Crippen molar-refractivity contribution in [1.29, 1.82) is 0 Å². The second kappa shape index (κ2) is 11.7. The van der Waals surface area contributed by atoms with Gasteiger partial charge in [0.15, 0.2) is 0 Å². The molecular weight excluding hydrogens is 265 g/mol. The summed E-state index contributed by atoms with van der Waals surface area (Å²) in [5, 5.41) is 3.37. The molecule has 0 aliphatic carbocycles. The van der Waals surface area contributed by atoms with Crippen LogP contribution in [0.2, 0.25) is 0 Å². The van der Waals surface area contributed by atoms with Crippen LogP contribution in [-0.4, -0.2) is 19.7 Å². The van der Waals surface area contributed by atoms with Crippen molar-refractivity contribution in [2.24, 2.45) is 0 Å². The largest absolute Gasteiger partial charge is 0.372 e. The van der Waals surface area contributed by atoms with E-state index in [4.69, 9.17) is 4.74 Å². The Bertz CT molecular complexity index is 370. The maximum Gasteiger partial charge on any atom is 0.123 e. The lowest BCUT2D eigenvalue weighted by Crippen LogP contribution is -2.24. The van der Waals surface area contributed by atoms with Crippen LogP contribution >= 0.6 is 0 Å². The van der Waals surface area contributed by atoms with Crippen molar-refractivity contribution in [2.45, 2.75) is 58.5 Å². The first-order valence-corrected chi connectivity index (χ1v) is 8.35. The number of rotatable bonds is 12. The summed E-state index contributed by atoms with van der Waals surface area (Å²) in [4.78, 5) is 0. The van der Waals surface area contributed by atoms with Crippen LogP contribution in [0.3, 0.4) is 0 Å². The number of hydrogen-bond acceptors (Lipinski definition) is 2. The summed E-state index contributed by atoms with van der Waals surface area (Å²) in [6.07, 6.45) is 7.16. The molecule has 0 aromatic heterocycles. The Balaban J connectivity index is 2.41. The zero-order valence-electron chi connectivity index (χ0n) is 13.5. The highest BCUT2D eigenvalue weighted by Gasteiger charge is 2.12. The molecule has 3 heteroatoms. The number of benzene rings is 1. The summed E-state index contributed by atoms with van der Waals surface area (Å²) in [5.74, 6) is -0.195. The van der Waals surface area contributed by atoms with Gasteiger partial charge in [-0.1, -0.05) is 51.7 Å². The quantitative estimate of drug-likeness (QED) is 0.556. The van der Waals surface area contributed by atoms with E-state index in [0.29, 0.717) is 0 Å². The second-order valence-electron chi connectivity index (χ2n) is 5.53. The first-order chi connectivity index (χ1) is 10.3. The SMILES string of the molecule is CCCCCCCOC(CNCCC)c1cccc(F)c1. The Morgan fingerprint density at radius 3 is 2.62 bits per heavy atom. The van der Waals surface area contributed by atoms with Crippen LogP contribution in [0.4, 0.5) is 4.39 Å². The third kappa shape index (κ3) is 8.18. The fourth-order valence-corrected chi connectivity index (χ4v) is 2.32. The molecule has 0 bridgehead atoms. The molecule has 0 aliphatic heterocycles. The number of halogens is 1. The van der Waals surface area contributed by atoms with Gasteiger partial charge in [0.2, 0.25) is 0 Å². The van der Waals surface area contributed by atoms with Crippen LogP contribution in [0.15, 0.2) is 24.3 Å². The molecule has 0 heterocycles. The Labute approximate surface area is 129 Å². The average Bonchev–Trinajstić information content (AvgIpc) is 2.49. The van der Waals surface area contributed by atoms with Crippen LogP contribution in [0.1, 0.15) is 64.0 Å². The Morgan fingerprint density at radius 2 is 1.90 bits per heavy atom. The van der Waals surface area contributed by atoms with Crippen LogP contribution < -0.4 is 5.32 Å². The standard InChI is InChI=1S/C18H30FNO/c1-3-5-6-7-8-13-21-18(15-20-12-4-2)16-10-9-11-17(19)14-16/h9-11,14,18,20H,3-8,12-13,15H2,1-2H3. The second-order valence-corrected chi connectivity index (χ2v) is 5.53. The molecule has 1 rings (SSSR count). The number of nitrogens with one attached hydrogen (secondary N) is 1. The molecule has 2 nitrogen and oxygen atoms in total. The molecule has 0 radical (unpaired) electrons. The molecule has 0 spiro atoms. The fraction of sp³-hybridized carbons (Fsp3) is 0.667. The smallest absolute Gasteiger partial charge is 0.123 e. The van der Waals surface area contributed by atoms with Crippen LogP contribution in [0.5, 0.6) is 0 Å². The van der Waals surface area contributed by atoms with Gasteiger partial charge in [-0.2, -0.15) is 0 Å². The third-order valence-electron chi connectivity index (χ3n) is 3.54. The maximum absolute atomic E-state index is 13.4. The summed E-state index contributed by atoms with van der Waals surface area (Å²) >= 11 is 0. The lowest BCUT2D eigenvalue weighted by molar-refractivity contribution is 0.0497. The summed E-state index contributed by atoms with van der Waals surface area (Å²) in [7, 11) is 0. The predicted octanol–water partition coefficient (Wildman–Crippen LogP) is 4.85. The van der Waals surface area contributed by atoms with Crippen LogP contribution in [0.25, 0.3) is 0 Å². The molecule has 1 atom stereocenters. The molecule has 120 valence electrons. The minimum Gasteiger partial charge on any atom is -0.372 e. The normalized spacial score (nSPS) is 12.5. The number of hydrogen-bond donors (Lipinski definition) is 1. The van der Waals surface area contributed by atoms with Gasteiger partial charge in [-0.15, -0.1) is 0 Å². The summed E-state index contributed by atoms with van der Waals surface area (Å²) in [6, 6.07) is 6.75. The van der Waals surface area contributed by atoms with E-state index in [1.54, 1.807) is 12.1 Å². The number of unbranched alkanes of at least 4 members (excludes halogenated alkanes) is 4. The zero-order valence-corrected chi connectivity index (χ0v) is 13.5. The zero-order chi connectivity index (χ0) is 15.3. The summed E-state index contributed by atoms with van der Waals surface area (Å²) in [6.45, 7) is 6.81. The Hall–Kier alpha value is -0.930. The minimum absolute atomic E-state index is 0.0570. The molecule has 1 N–H and O–H groups in total. The molecule has 0 aliphatic rings. The molecule has 1 aromatic rings. The van der Waals surface area contributed by atoms with E-state index in [0.717, 1.165) is 38.1 Å². The molecular formula is C18H30FNO. The molecule has 1 aromatic carbocycles. The molecule has 0 amide bonds. The van der Waals surface area contributed by atoms with E-state index in [9.17, 15) is 4.39 Å². The van der Waals surface area contributed by atoms with E-state index >= 15 is 0 Å². The van der Waals surface area contributed by atoms with Crippen molar-refractivity contribution >= 4 is 0 Å². The lowest BCUT2D eigenvalue weighted by atomic mass is 10.1. The van der Waals surface area contributed by atoms with E-state index in [2.05, 4.69) is 19.2 Å². The first-order valence-electron chi connectivity index (χ1n) is 8.35. The maximum atomic E-state index is 13.4. The topological polar surface area (TPSA) is 21.3 Å². The highest BCUT2D eigenvalue weighted by Crippen LogP contribution is 2.18. The van der Waals surface area contributed by atoms with Crippen molar-refractivity contribution < 1.29 is 9.13 Å². The fourth-order valence-electron chi connectivity index (χ4n) is 2.32. The Morgan fingerprint density at radius 1 is 1.10 bits per heavy atom. The lowest BCUT2D eigenvalue weighted by Gasteiger charge is -2.19. The van der Waals surface area contributed by atoms with Gasteiger partial charge in [-0.25, -0.2) is 4.39 Å². The van der Waals surface area contributed by atoms with Gasteiger partial charge in [0, 0.05) is 13.2 Å². The van der Waals surface area contributed by atoms with Crippen LogP contribution in [-0.2, 0) is 4.74 Å². The van der Waals surface area contributed by atoms with Gasteiger partial charge in [0.1, 0.15) is 5.82 Å². The highest BCUT2D eigenvalue weighted by molar-refractivity contribution is 5.19. The van der Waals surface area contributed by atoms with Crippen molar-refractivity contribution in [3.8, 4) is 0 Å². The van der Waals surface area contributed by atoms with E-state index in [-0.39, 0.29) is 11.9 Å². The van der Waals surface area contributed by atoms with Gasteiger partial charge in [0.25, 0.3) is 0 Å². The number of ether oxygens (including phenoxy) is 1. The molecule has 0 saturated carbocycles. The minimum atomic E-state index is -0.195. The van der Waals surface area contributed by atoms with Crippen molar-refractivity contribution in [2.75, 3.05) is 19.7 Å². The van der Waals surface area contributed by atoms with Gasteiger partial charge < -0.3 is 10.1 Å². The van der Waals surface area contributed by atoms with Gasteiger partial charge in [-0.05, 0) is 37.1 Å². The average molecular weight is 295 g/mol. The van der Waals surface area contributed by atoms with Crippen LogP contribution in [0, 0.1) is 5.82 Å². The van der Waals surface area contributed by atoms with E-state index in [1.807, 2.05) is 6.07 Å².